The highest BCUT2D eigenvalue weighted by Gasteiger charge is 2.11. The maximum atomic E-state index is 13.0. The summed E-state index contributed by atoms with van der Waals surface area (Å²) in [4.78, 5) is 23.3. The van der Waals surface area contributed by atoms with E-state index in [-0.39, 0.29) is 12.0 Å². The molecule has 2 rings (SSSR count). The Kier molecular flexibility index (Phi) is 5.06. The van der Waals surface area contributed by atoms with Crippen molar-refractivity contribution in [2.45, 2.75) is 6.42 Å². The molecule has 0 bridgehead atoms. The first kappa shape index (κ1) is 15.9. The van der Waals surface area contributed by atoms with E-state index in [4.69, 9.17) is 11.6 Å². The van der Waals surface area contributed by atoms with Gasteiger partial charge < -0.3 is 0 Å². The largest absolute Gasteiger partial charge is 0.273 e. The molecule has 0 aliphatic carbocycles. The third kappa shape index (κ3) is 4.26. The Morgan fingerprint density at radius 3 is 2.27 bits per heavy atom. The van der Waals surface area contributed by atoms with Crippen molar-refractivity contribution in [2.75, 3.05) is 0 Å². The fourth-order valence-electron chi connectivity index (χ4n) is 1.67. The van der Waals surface area contributed by atoms with Crippen LogP contribution in [0, 0.1) is 11.6 Å². The summed E-state index contributed by atoms with van der Waals surface area (Å²) in [6.07, 6.45) is 0.0369. The zero-order valence-corrected chi connectivity index (χ0v) is 12.0. The fraction of sp³-hybridized carbons (Fsp3) is 0.0667. The molecule has 0 unspecified atom stereocenters. The lowest BCUT2D eigenvalue weighted by atomic mass is 10.1. The number of carbonyl (C=O) groups excluding carboxylic acids is 2. The predicted octanol–water partition coefficient (Wildman–Crippen LogP) is 2.62. The van der Waals surface area contributed by atoms with Crippen molar-refractivity contribution in [3.8, 4) is 0 Å². The monoisotopic (exact) mass is 324 g/mol. The Morgan fingerprint density at radius 1 is 0.955 bits per heavy atom. The Bertz CT molecular complexity index is 705. The van der Waals surface area contributed by atoms with E-state index >= 15 is 0 Å². The molecule has 114 valence electrons. The summed E-state index contributed by atoms with van der Waals surface area (Å²) < 4.78 is 25.8. The van der Waals surface area contributed by atoms with Crippen LogP contribution in [0.1, 0.15) is 15.9 Å². The minimum Gasteiger partial charge on any atom is -0.273 e. The molecular weight excluding hydrogens is 314 g/mol. The summed E-state index contributed by atoms with van der Waals surface area (Å²) in [6.45, 7) is 0. The van der Waals surface area contributed by atoms with E-state index in [2.05, 4.69) is 10.9 Å². The molecular formula is C15H11ClF2N2O2. The van der Waals surface area contributed by atoms with Crippen molar-refractivity contribution in [2.24, 2.45) is 0 Å². The molecule has 0 radical (unpaired) electrons. The van der Waals surface area contributed by atoms with Crippen molar-refractivity contribution < 1.29 is 18.4 Å². The van der Waals surface area contributed by atoms with E-state index in [0.29, 0.717) is 10.6 Å². The van der Waals surface area contributed by atoms with Crippen LogP contribution in [0.3, 0.4) is 0 Å². The molecule has 2 aromatic rings. The summed E-state index contributed by atoms with van der Waals surface area (Å²) in [7, 11) is 0. The van der Waals surface area contributed by atoms with Crippen molar-refractivity contribution in [3.63, 3.8) is 0 Å². The average Bonchev–Trinajstić information content (AvgIpc) is 2.50. The van der Waals surface area contributed by atoms with Gasteiger partial charge in [0, 0.05) is 10.6 Å². The van der Waals surface area contributed by atoms with E-state index in [1.807, 2.05) is 0 Å². The lowest BCUT2D eigenvalue weighted by molar-refractivity contribution is -0.121. The Labute approximate surface area is 130 Å². The first-order valence-electron chi connectivity index (χ1n) is 6.24. The lowest BCUT2D eigenvalue weighted by Gasteiger charge is -2.08. The quantitative estimate of drug-likeness (QED) is 0.853. The van der Waals surface area contributed by atoms with Gasteiger partial charge in [0.1, 0.15) is 0 Å². The Balaban J connectivity index is 1.88. The highest BCUT2D eigenvalue weighted by Crippen LogP contribution is 2.10. The maximum Gasteiger partial charge on any atom is 0.269 e. The van der Waals surface area contributed by atoms with Crippen LogP contribution in [0.2, 0.25) is 5.02 Å². The molecule has 0 aliphatic rings. The van der Waals surface area contributed by atoms with Crippen molar-refractivity contribution >= 4 is 23.4 Å². The van der Waals surface area contributed by atoms with Gasteiger partial charge in [0.2, 0.25) is 5.91 Å². The molecule has 2 N–H and O–H groups in total. The van der Waals surface area contributed by atoms with Crippen LogP contribution in [0.4, 0.5) is 8.78 Å². The Hall–Kier alpha value is -2.47. The molecule has 2 aromatic carbocycles. The molecule has 0 atom stereocenters. The number of hydrogen-bond acceptors (Lipinski definition) is 2. The van der Waals surface area contributed by atoms with Crippen LogP contribution in [0.5, 0.6) is 0 Å². The molecule has 4 nitrogen and oxygen atoms in total. The van der Waals surface area contributed by atoms with Gasteiger partial charge in [-0.2, -0.15) is 0 Å². The highest BCUT2D eigenvalue weighted by molar-refractivity contribution is 6.30. The van der Waals surface area contributed by atoms with E-state index < -0.39 is 23.4 Å². The lowest BCUT2D eigenvalue weighted by Crippen LogP contribution is -2.42. The maximum absolute atomic E-state index is 13.0. The van der Waals surface area contributed by atoms with Crippen LogP contribution in [0.15, 0.2) is 42.5 Å². The molecule has 0 saturated heterocycles. The smallest absolute Gasteiger partial charge is 0.269 e. The molecule has 0 aromatic heterocycles. The second-order valence-electron chi connectivity index (χ2n) is 4.43. The topological polar surface area (TPSA) is 58.2 Å². The normalized spacial score (nSPS) is 10.1. The molecule has 7 heteroatoms. The fourth-order valence-corrected chi connectivity index (χ4v) is 1.79. The summed E-state index contributed by atoms with van der Waals surface area (Å²) in [5.41, 5.74) is 4.92. The molecule has 2 amide bonds. The molecule has 22 heavy (non-hydrogen) atoms. The molecule has 0 saturated carbocycles. The van der Waals surface area contributed by atoms with Gasteiger partial charge in [-0.05, 0) is 35.9 Å². The number of nitrogens with one attached hydrogen (secondary N) is 2. The van der Waals surface area contributed by atoms with Gasteiger partial charge in [-0.15, -0.1) is 0 Å². The minimum absolute atomic E-state index is 0.0369. The van der Waals surface area contributed by atoms with Crippen LogP contribution in [0.25, 0.3) is 0 Å². The van der Waals surface area contributed by atoms with Crippen LogP contribution in [-0.2, 0) is 11.2 Å². The Morgan fingerprint density at radius 2 is 1.64 bits per heavy atom. The van der Waals surface area contributed by atoms with Gasteiger partial charge in [0.05, 0.1) is 6.42 Å². The zero-order valence-electron chi connectivity index (χ0n) is 11.2. The van der Waals surface area contributed by atoms with Crippen LogP contribution >= 0.6 is 11.6 Å². The summed E-state index contributed by atoms with van der Waals surface area (Å²) in [5, 5.41) is 0.552. The first-order chi connectivity index (χ1) is 10.5. The number of benzene rings is 2. The first-order valence-corrected chi connectivity index (χ1v) is 6.62. The van der Waals surface area contributed by atoms with E-state index in [1.54, 1.807) is 24.3 Å². The van der Waals surface area contributed by atoms with Gasteiger partial charge in [-0.3, -0.25) is 20.4 Å². The van der Waals surface area contributed by atoms with Crippen molar-refractivity contribution in [3.05, 3.63) is 70.2 Å². The van der Waals surface area contributed by atoms with E-state index in [0.717, 1.165) is 18.2 Å². The standard InChI is InChI=1S/C15H11ClF2N2O2/c16-11-4-1-9(2-5-11)7-14(21)19-20-15(22)10-3-6-12(17)13(18)8-10/h1-6,8H,7H2,(H,19,21)(H,20,22). The number of hydrogen-bond donors (Lipinski definition) is 2. The summed E-state index contributed by atoms with van der Waals surface area (Å²) >= 11 is 5.73. The number of rotatable bonds is 3. The average molecular weight is 325 g/mol. The van der Waals surface area contributed by atoms with Gasteiger partial charge in [-0.25, -0.2) is 8.78 Å². The van der Waals surface area contributed by atoms with Gasteiger partial charge in [0.15, 0.2) is 11.6 Å². The number of halogens is 3. The third-order valence-electron chi connectivity index (χ3n) is 2.78. The van der Waals surface area contributed by atoms with Crippen LogP contribution < -0.4 is 10.9 Å². The van der Waals surface area contributed by atoms with E-state index in [1.165, 1.54) is 0 Å². The van der Waals surface area contributed by atoms with E-state index in [9.17, 15) is 18.4 Å². The summed E-state index contributed by atoms with van der Waals surface area (Å²) in [5.74, 6) is -3.40. The van der Waals surface area contributed by atoms with Crippen LogP contribution in [-0.4, -0.2) is 11.8 Å². The molecule has 0 aliphatic heterocycles. The van der Waals surface area contributed by atoms with Crippen molar-refractivity contribution in [1.82, 2.24) is 10.9 Å². The second kappa shape index (κ2) is 7.00. The predicted molar refractivity (Wildman–Crippen MR) is 77.1 cm³/mol. The SMILES string of the molecule is O=C(Cc1ccc(Cl)cc1)NNC(=O)c1ccc(F)c(F)c1. The molecule has 0 spiro atoms. The molecule has 0 fully saturated rings. The number of amides is 2. The third-order valence-corrected chi connectivity index (χ3v) is 3.03. The number of hydrazine groups is 1. The second-order valence-corrected chi connectivity index (χ2v) is 4.87. The minimum atomic E-state index is -1.14. The van der Waals surface area contributed by atoms with Gasteiger partial charge >= 0.3 is 0 Å². The zero-order chi connectivity index (χ0) is 16.1. The highest BCUT2D eigenvalue weighted by atomic mass is 35.5. The number of carbonyl (C=O) groups is 2. The van der Waals surface area contributed by atoms with Gasteiger partial charge in [-0.1, -0.05) is 23.7 Å². The van der Waals surface area contributed by atoms with Crippen molar-refractivity contribution in [1.29, 1.82) is 0 Å². The molecule has 0 heterocycles. The summed E-state index contributed by atoms with van der Waals surface area (Å²) in [6, 6.07) is 9.33. The van der Waals surface area contributed by atoms with Gasteiger partial charge in [0.25, 0.3) is 5.91 Å².